The van der Waals surface area contributed by atoms with Crippen LogP contribution in [0, 0.1) is 0 Å². The number of nitrogens with one attached hydrogen (secondary N) is 1. The number of anilines is 1. The molecular weight excluding hydrogens is 322 g/mol. The summed E-state index contributed by atoms with van der Waals surface area (Å²) in [6, 6.07) is 7.49. The number of amides is 1. The molecule has 0 unspecified atom stereocenters. The van der Waals surface area contributed by atoms with E-state index in [9.17, 15) is 13.2 Å². The minimum atomic E-state index is -3.44. The van der Waals surface area contributed by atoms with Crippen molar-refractivity contribution in [3.63, 3.8) is 0 Å². The molecule has 0 saturated carbocycles. The van der Waals surface area contributed by atoms with Gasteiger partial charge >= 0.3 is 0 Å². The highest BCUT2D eigenvalue weighted by Crippen LogP contribution is 2.29. The zero-order valence-electron chi connectivity index (χ0n) is 11.7. The topological polar surface area (TPSA) is 79.4 Å². The van der Waals surface area contributed by atoms with Crippen molar-refractivity contribution in [2.24, 2.45) is 0 Å². The lowest BCUT2D eigenvalue weighted by Crippen LogP contribution is -2.37. The van der Waals surface area contributed by atoms with Gasteiger partial charge in [-0.2, -0.15) is 0 Å². The van der Waals surface area contributed by atoms with Crippen LogP contribution in [0.1, 0.15) is 16.1 Å². The highest BCUT2D eigenvalue weighted by molar-refractivity contribution is 7.92. The first kappa shape index (κ1) is 15.0. The summed E-state index contributed by atoms with van der Waals surface area (Å²) in [5, 5.41) is 4.21. The predicted molar refractivity (Wildman–Crippen MR) is 85.7 cm³/mol. The monoisotopic (exact) mass is 337 g/mol. The first-order chi connectivity index (χ1) is 10.6. The fourth-order valence-corrected chi connectivity index (χ4v) is 4.38. The second-order valence-electron chi connectivity index (χ2n) is 4.90. The normalized spacial score (nSPS) is 13.9. The summed E-state index contributed by atoms with van der Waals surface area (Å²) in [7, 11) is -3.44. The molecule has 0 aliphatic carbocycles. The van der Waals surface area contributed by atoms with Gasteiger partial charge in [0, 0.05) is 18.5 Å². The number of carbonyl (C=O) groups excluding carboxylic acids is 1. The van der Waals surface area contributed by atoms with Crippen LogP contribution >= 0.6 is 11.3 Å². The van der Waals surface area contributed by atoms with Crippen LogP contribution < -0.4 is 9.62 Å². The third kappa shape index (κ3) is 2.97. The van der Waals surface area contributed by atoms with E-state index in [1.807, 2.05) is 24.3 Å². The van der Waals surface area contributed by atoms with Crippen molar-refractivity contribution in [1.82, 2.24) is 10.3 Å². The molecule has 6 nitrogen and oxygen atoms in total. The Hall–Kier alpha value is -1.93. The summed E-state index contributed by atoms with van der Waals surface area (Å²) in [5.41, 5.74) is 3.66. The minimum Gasteiger partial charge on any atom is -0.350 e. The number of carbonyl (C=O) groups is 1. The Morgan fingerprint density at radius 2 is 2.18 bits per heavy atom. The van der Waals surface area contributed by atoms with E-state index >= 15 is 0 Å². The van der Waals surface area contributed by atoms with Crippen molar-refractivity contribution in [2.45, 2.75) is 6.42 Å². The van der Waals surface area contributed by atoms with Crippen LogP contribution in [0.3, 0.4) is 0 Å². The first-order valence-corrected chi connectivity index (χ1v) is 9.38. The third-order valence-corrected chi connectivity index (χ3v) is 5.85. The molecule has 0 bridgehead atoms. The largest absolute Gasteiger partial charge is 0.350 e. The number of rotatable bonds is 5. The average molecular weight is 337 g/mol. The zero-order valence-corrected chi connectivity index (χ0v) is 13.4. The second-order valence-corrected chi connectivity index (χ2v) is 7.63. The van der Waals surface area contributed by atoms with Gasteiger partial charge in [0.05, 0.1) is 17.0 Å². The fraction of sp³-hybridized carbons (Fsp3) is 0.286. The van der Waals surface area contributed by atoms with Crippen LogP contribution in [0.5, 0.6) is 0 Å². The standard InChI is InChI=1S/C14H15N3O3S2/c18-14(12-9-21-10-16-12)15-6-8-22(19,20)17-7-5-11-3-1-2-4-13(11)17/h1-4,9-10H,5-8H2,(H,15,18). The minimum absolute atomic E-state index is 0.0668. The summed E-state index contributed by atoms with van der Waals surface area (Å²) in [6.07, 6.45) is 0.723. The molecule has 1 aromatic carbocycles. The zero-order chi connectivity index (χ0) is 15.6. The first-order valence-electron chi connectivity index (χ1n) is 6.82. The highest BCUT2D eigenvalue weighted by atomic mass is 32.2. The van der Waals surface area contributed by atoms with Crippen LogP contribution in [-0.4, -0.2) is 38.2 Å². The Kier molecular flexibility index (Phi) is 4.12. The molecule has 8 heteroatoms. The summed E-state index contributed by atoms with van der Waals surface area (Å²) in [5.74, 6) is -0.477. The molecule has 0 fully saturated rings. The van der Waals surface area contributed by atoms with Crippen LogP contribution in [0.25, 0.3) is 0 Å². The Morgan fingerprint density at radius 3 is 2.95 bits per heavy atom. The van der Waals surface area contributed by atoms with Gasteiger partial charge in [0.2, 0.25) is 10.0 Å². The molecule has 116 valence electrons. The van der Waals surface area contributed by atoms with E-state index in [1.165, 1.54) is 15.6 Å². The maximum absolute atomic E-state index is 12.4. The van der Waals surface area contributed by atoms with Gasteiger partial charge < -0.3 is 5.32 Å². The Bertz CT molecular complexity index is 772. The number of aromatic nitrogens is 1. The number of fused-ring (bicyclic) bond motifs is 1. The van der Waals surface area contributed by atoms with Gasteiger partial charge in [-0.15, -0.1) is 11.3 Å². The smallest absolute Gasteiger partial charge is 0.270 e. The van der Waals surface area contributed by atoms with Gasteiger partial charge in [-0.05, 0) is 18.1 Å². The number of para-hydroxylation sites is 1. The Morgan fingerprint density at radius 1 is 1.36 bits per heavy atom. The maximum atomic E-state index is 12.4. The summed E-state index contributed by atoms with van der Waals surface area (Å²) < 4.78 is 26.3. The fourth-order valence-electron chi connectivity index (χ4n) is 2.42. The van der Waals surface area contributed by atoms with Gasteiger partial charge in [-0.25, -0.2) is 13.4 Å². The molecule has 0 spiro atoms. The SMILES string of the molecule is O=C(NCCS(=O)(=O)N1CCc2ccccc21)c1cscn1. The number of hydrogen-bond acceptors (Lipinski definition) is 5. The van der Waals surface area contributed by atoms with E-state index in [0.717, 1.165) is 17.7 Å². The molecule has 2 heterocycles. The molecule has 1 amide bonds. The van der Waals surface area contributed by atoms with Gasteiger partial charge in [-0.3, -0.25) is 9.10 Å². The molecule has 3 rings (SSSR count). The molecule has 1 N–H and O–H groups in total. The Labute approximate surface area is 132 Å². The number of benzene rings is 1. The molecule has 2 aromatic rings. The lowest BCUT2D eigenvalue weighted by molar-refractivity contribution is 0.0952. The molecule has 1 aliphatic heterocycles. The number of hydrogen-bond donors (Lipinski definition) is 1. The summed E-state index contributed by atoms with van der Waals surface area (Å²) >= 11 is 1.32. The van der Waals surface area contributed by atoms with Gasteiger partial charge in [0.25, 0.3) is 5.91 Å². The summed E-state index contributed by atoms with van der Waals surface area (Å²) in [4.78, 5) is 15.6. The van der Waals surface area contributed by atoms with Crippen molar-refractivity contribution in [3.8, 4) is 0 Å². The Balaban J connectivity index is 1.62. The van der Waals surface area contributed by atoms with E-state index in [-0.39, 0.29) is 18.2 Å². The third-order valence-electron chi connectivity index (χ3n) is 3.49. The number of nitrogens with zero attached hydrogens (tertiary/aromatic N) is 2. The lowest BCUT2D eigenvalue weighted by Gasteiger charge is -2.19. The number of sulfonamides is 1. The van der Waals surface area contributed by atoms with Gasteiger partial charge in [-0.1, -0.05) is 18.2 Å². The maximum Gasteiger partial charge on any atom is 0.270 e. The lowest BCUT2D eigenvalue weighted by atomic mass is 10.2. The average Bonchev–Trinajstić information content (AvgIpc) is 3.16. The van der Waals surface area contributed by atoms with Crippen LogP contribution in [-0.2, 0) is 16.4 Å². The van der Waals surface area contributed by atoms with Crippen molar-refractivity contribution >= 4 is 33.0 Å². The molecule has 0 radical (unpaired) electrons. The van der Waals surface area contributed by atoms with Crippen LogP contribution in [0.4, 0.5) is 5.69 Å². The molecule has 1 aromatic heterocycles. The van der Waals surface area contributed by atoms with Crippen LogP contribution in [0.15, 0.2) is 35.2 Å². The van der Waals surface area contributed by atoms with Crippen LogP contribution in [0.2, 0.25) is 0 Å². The van der Waals surface area contributed by atoms with E-state index in [0.29, 0.717) is 12.2 Å². The van der Waals surface area contributed by atoms with E-state index in [2.05, 4.69) is 10.3 Å². The second kappa shape index (κ2) is 6.05. The molecule has 0 saturated heterocycles. The molecule has 1 aliphatic rings. The van der Waals surface area contributed by atoms with E-state index in [1.54, 1.807) is 10.9 Å². The predicted octanol–water partition coefficient (Wildman–Crippen LogP) is 1.27. The van der Waals surface area contributed by atoms with Crippen molar-refractivity contribution in [1.29, 1.82) is 0 Å². The number of thiazole rings is 1. The van der Waals surface area contributed by atoms with Gasteiger partial charge in [0.15, 0.2) is 0 Å². The van der Waals surface area contributed by atoms with E-state index < -0.39 is 10.0 Å². The summed E-state index contributed by atoms with van der Waals surface area (Å²) in [6.45, 7) is 0.527. The van der Waals surface area contributed by atoms with Crippen molar-refractivity contribution in [2.75, 3.05) is 23.1 Å². The van der Waals surface area contributed by atoms with Crippen molar-refractivity contribution in [3.05, 3.63) is 46.4 Å². The molecule has 0 atom stereocenters. The molecule has 22 heavy (non-hydrogen) atoms. The van der Waals surface area contributed by atoms with E-state index in [4.69, 9.17) is 0 Å². The molecular formula is C14H15N3O3S2. The van der Waals surface area contributed by atoms with Crippen molar-refractivity contribution < 1.29 is 13.2 Å². The van der Waals surface area contributed by atoms with Gasteiger partial charge in [0.1, 0.15) is 5.69 Å². The highest BCUT2D eigenvalue weighted by Gasteiger charge is 2.28. The quantitative estimate of drug-likeness (QED) is 0.891.